The summed E-state index contributed by atoms with van der Waals surface area (Å²) in [5, 5.41) is 14.1. The Hall–Kier alpha value is -3.60. The third-order valence-corrected chi connectivity index (χ3v) is 4.62. The predicted octanol–water partition coefficient (Wildman–Crippen LogP) is 3.84. The lowest BCUT2D eigenvalue weighted by Crippen LogP contribution is -2.42. The number of amides is 2. The van der Waals surface area contributed by atoms with E-state index in [1.165, 1.54) is 29.1 Å². The third-order valence-electron chi connectivity index (χ3n) is 4.38. The Morgan fingerprint density at radius 3 is 2.28 bits per heavy atom. The topological polar surface area (TPSA) is 109 Å². The van der Waals surface area contributed by atoms with Crippen LogP contribution in [0.1, 0.15) is 51.7 Å². The summed E-state index contributed by atoms with van der Waals surface area (Å²) < 4.78 is 39.6. The molecule has 0 aliphatic rings. The van der Waals surface area contributed by atoms with E-state index in [-0.39, 0.29) is 33.6 Å². The maximum Gasteiger partial charge on any atom is 0.417 e. The van der Waals surface area contributed by atoms with Gasteiger partial charge < -0.3 is 5.11 Å². The molecule has 0 aliphatic heterocycles. The number of hydrogen-bond acceptors (Lipinski definition) is 5. The van der Waals surface area contributed by atoms with Crippen molar-refractivity contribution in [2.75, 3.05) is 0 Å². The van der Waals surface area contributed by atoms with Gasteiger partial charge in [-0.1, -0.05) is 25.4 Å². The zero-order valence-electron chi connectivity index (χ0n) is 16.7. The summed E-state index contributed by atoms with van der Waals surface area (Å²) in [5.41, 5.74) is 3.78. The maximum absolute atomic E-state index is 12.8. The Labute approximate surface area is 185 Å². The summed E-state index contributed by atoms with van der Waals surface area (Å²) in [7, 11) is 0. The minimum absolute atomic E-state index is 0.0808. The number of rotatable bonds is 4. The highest BCUT2D eigenvalue weighted by molar-refractivity contribution is 6.31. The van der Waals surface area contributed by atoms with Crippen molar-refractivity contribution in [1.29, 1.82) is 0 Å². The second-order valence-corrected chi connectivity index (χ2v) is 7.42. The number of phenolic OH excluding ortho intramolecular Hbond substituents is 1. The van der Waals surface area contributed by atoms with E-state index in [1.807, 2.05) is 0 Å². The van der Waals surface area contributed by atoms with Gasteiger partial charge in [-0.05, 0) is 36.2 Å². The van der Waals surface area contributed by atoms with Gasteiger partial charge >= 0.3 is 6.18 Å². The van der Waals surface area contributed by atoms with Crippen molar-refractivity contribution < 1.29 is 27.9 Å². The number of aromatic hydroxyl groups is 1. The van der Waals surface area contributed by atoms with Gasteiger partial charge in [-0.15, -0.1) is 0 Å². The molecule has 3 rings (SSSR count). The highest BCUT2D eigenvalue weighted by Gasteiger charge is 2.31. The number of hydrazine groups is 1. The van der Waals surface area contributed by atoms with Crippen LogP contribution in [0.3, 0.4) is 0 Å². The highest BCUT2D eigenvalue weighted by Crippen LogP contribution is 2.29. The van der Waals surface area contributed by atoms with Gasteiger partial charge in [-0.3, -0.25) is 20.4 Å². The number of carbonyl (C=O) groups is 2. The smallest absolute Gasteiger partial charge is 0.417 e. The molecule has 8 nitrogen and oxygen atoms in total. The Kier molecular flexibility index (Phi) is 6.40. The molecule has 0 bridgehead atoms. The van der Waals surface area contributed by atoms with Crippen molar-refractivity contribution >= 4 is 23.4 Å². The fourth-order valence-electron chi connectivity index (χ4n) is 2.89. The van der Waals surface area contributed by atoms with E-state index < -0.39 is 23.6 Å². The summed E-state index contributed by atoms with van der Waals surface area (Å²) >= 11 is 5.81. The first kappa shape index (κ1) is 23.1. The molecule has 0 fully saturated rings. The molecule has 2 aromatic heterocycles. The van der Waals surface area contributed by atoms with Crippen molar-refractivity contribution in [2.24, 2.45) is 0 Å². The Morgan fingerprint density at radius 2 is 1.72 bits per heavy atom. The molecule has 0 saturated carbocycles. The number of benzene rings is 1. The fourth-order valence-corrected chi connectivity index (χ4v) is 3.06. The summed E-state index contributed by atoms with van der Waals surface area (Å²) in [6.45, 7) is 3.52. The molecule has 0 atom stereocenters. The van der Waals surface area contributed by atoms with E-state index in [2.05, 4.69) is 20.9 Å². The fraction of sp³-hybridized carbons (Fsp3) is 0.200. The summed E-state index contributed by atoms with van der Waals surface area (Å²) in [5.74, 6) is -2.03. The zero-order chi connectivity index (χ0) is 23.6. The van der Waals surface area contributed by atoms with Gasteiger partial charge in [0.05, 0.1) is 28.6 Å². The quantitative estimate of drug-likeness (QED) is 0.505. The maximum atomic E-state index is 12.8. The van der Waals surface area contributed by atoms with Gasteiger partial charge in [-0.25, -0.2) is 9.67 Å². The molecule has 1 aromatic carbocycles. The molecule has 2 heterocycles. The molecule has 32 heavy (non-hydrogen) atoms. The standard InChI is InChI=1S/C20H17ClF3N5O3/c1-10(2)17-14(9-26-29(17)16-6-3-11(8-25-16)20(22,23)24)19(32)28-27-18(31)13-7-12(21)4-5-15(13)30/h3-10,30H,1-2H3,(H,27,31)(H,28,32). The molecular formula is C20H17ClF3N5O3. The van der Waals surface area contributed by atoms with Gasteiger partial charge in [0.2, 0.25) is 0 Å². The SMILES string of the molecule is CC(C)c1c(C(=O)NNC(=O)c2cc(Cl)ccc2O)cnn1-c1ccc(C(F)(F)F)cn1. The number of nitrogens with one attached hydrogen (secondary N) is 2. The zero-order valence-corrected chi connectivity index (χ0v) is 17.5. The highest BCUT2D eigenvalue weighted by atomic mass is 35.5. The van der Waals surface area contributed by atoms with Crippen LogP contribution in [0.4, 0.5) is 13.2 Å². The normalized spacial score (nSPS) is 11.5. The second-order valence-electron chi connectivity index (χ2n) is 6.98. The lowest BCUT2D eigenvalue weighted by atomic mass is 10.1. The van der Waals surface area contributed by atoms with Crippen LogP contribution in [0.15, 0.2) is 42.7 Å². The molecule has 168 valence electrons. The van der Waals surface area contributed by atoms with Gasteiger partial charge in [-0.2, -0.15) is 18.3 Å². The number of nitrogens with zero attached hydrogens (tertiary/aromatic N) is 3. The number of alkyl halides is 3. The van der Waals surface area contributed by atoms with E-state index in [1.54, 1.807) is 13.8 Å². The van der Waals surface area contributed by atoms with Crippen LogP contribution in [-0.2, 0) is 6.18 Å². The predicted molar refractivity (Wildman–Crippen MR) is 108 cm³/mol. The number of hydrogen-bond donors (Lipinski definition) is 3. The number of halogens is 4. The van der Waals surface area contributed by atoms with E-state index >= 15 is 0 Å². The number of phenols is 1. The molecule has 0 unspecified atom stereocenters. The van der Waals surface area contributed by atoms with Crippen molar-refractivity contribution in [2.45, 2.75) is 25.9 Å². The van der Waals surface area contributed by atoms with Crippen LogP contribution in [-0.4, -0.2) is 31.7 Å². The van der Waals surface area contributed by atoms with Gasteiger partial charge in [0.25, 0.3) is 11.8 Å². The van der Waals surface area contributed by atoms with Gasteiger partial charge in [0, 0.05) is 11.2 Å². The first-order chi connectivity index (χ1) is 15.0. The molecule has 0 spiro atoms. The van der Waals surface area contributed by atoms with Crippen molar-refractivity contribution in [1.82, 2.24) is 25.6 Å². The third kappa shape index (κ3) is 4.83. The minimum Gasteiger partial charge on any atom is -0.507 e. The number of aromatic nitrogens is 3. The summed E-state index contributed by atoms with van der Waals surface area (Å²) in [4.78, 5) is 28.7. The Morgan fingerprint density at radius 1 is 1.06 bits per heavy atom. The molecular weight excluding hydrogens is 451 g/mol. The first-order valence-corrected chi connectivity index (χ1v) is 9.57. The minimum atomic E-state index is -4.53. The summed E-state index contributed by atoms with van der Waals surface area (Å²) in [6.07, 6.45) is -2.64. The van der Waals surface area contributed by atoms with Crippen molar-refractivity contribution in [3.05, 3.63) is 70.1 Å². The molecule has 0 radical (unpaired) electrons. The molecule has 3 N–H and O–H groups in total. The van der Waals surface area contributed by atoms with Crippen LogP contribution in [0.25, 0.3) is 5.82 Å². The Bertz CT molecular complexity index is 1160. The van der Waals surface area contributed by atoms with Crippen LogP contribution >= 0.6 is 11.6 Å². The molecule has 3 aromatic rings. The number of pyridine rings is 1. The average Bonchev–Trinajstić information content (AvgIpc) is 3.18. The first-order valence-electron chi connectivity index (χ1n) is 9.19. The monoisotopic (exact) mass is 467 g/mol. The lowest BCUT2D eigenvalue weighted by molar-refractivity contribution is -0.137. The summed E-state index contributed by atoms with van der Waals surface area (Å²) in [6, 6.07) is 5.87. The second kappa shape index (κ2) is 8.87. The average molecular weight is 468 g/mol. The van der Waals surface area contributed by atoms with Gasteiger partial charge in [0.15, 0.2) is 5.82 Å². The van der Waals surface area contributed by atoms with E-state index in [4.69, 9.17) is 11.6 Å². The van der Waals surface area contributed by atoms with E-state index in [9.17, 15) is 27.9 Å². The molecule has 0 aliphatic carbocycles. The largest absolute Gasteiger partial charge is 0.507 e. The number of carbonyl (C=O) groups excluding carboxylic acids is 2. The van der Waals surface area contributed by atoms with Crippen LogP contribution in [0.5, 0.6) is 5.75 Å². The van der Waals surface area contributed by atoms with E-state index in [0.29, 0.717) is 11.9 Å². The lowest BCUT2D eigenvalue weighted by Gasteiger charge is -2.13. The molecule has 0 saturated heterocycles. The Balaban J connectivity index is 1.82. The molecule has 2 amide bonds. The van der Waals surface area contributed by atoms with Crippen LogP contribution in [0.2, 0.25) is 5.02 Å². The van der Waals surface area contributed by atoms with Crippen LogP contribution in [0, 0.1) is 0 Å². The van der Waals surface area contributed by atoms with E-state index in [0.717, 1.165) is 12.1 Å². The molecule has 12 heteroatoms. The van der Waals surface area contributed by atoms with Gasteiger partial charge in [0.1, 0.15) is 5.75 Å². The van der Waals surface area contributed by atoms with Crippen molar-refractivity contribution in [3.8, 4) is 11.6 Å². The van der Waals surface area contributed by atoms with Crippen LogP contribution < -0.4 is 10.9 Å². The van der Waals surface area contributed by atoms with Crippen molar-refractivity contribution in [3.63, 3.8) is 0 Å².